The molecule has 3 rings (SSSR count). The first-order chi connectivity index (χ1) is 10.5. The Kier molecular flexibility index (Phi) is 3.32. The number of aromatic nitrogens is 3. The molecule has 0 spiro atoms. The number of benzene rings is 1. The Hall–Kier alpha value is -2.83. The van der Waals surface area contributed by atoms with Crippen LogP contribution in [0, 0.1) is 13.8 Å². The number of imidazole rings is 1. The molecule has 2 aromatic heterocycles. The van der Waals surface area contributed by atoms with Gasteiger partial charge in [0.15, 0.2) is 0 Å². The number of aryl methyl sites for hydroxylation is 2. The normalized spacial score (nSPS) is 11.0. The van der Waals surface area contributed by atoms with E-state index in [0.717, 1.165) is 11.1 Å². The first-order valence-electron chi connectivity index (χ1n) is 6.87. The van der Waals surface area contributed by atoms with Crippen molar-refractivity contribution in [3.05, 3.63) is 39.8 Å². The zero-order valence-corrected chi connectivity index (χ0v) is 12.5. The number of nitrogens with one attached hydrogen (secondary N) is 1. The van der Waals surface area contributed by atoms with Gasteiger partial charge in [0.1, 0.15) is 0 Å². The number of carbonyl (C=O) groups excluding carboxylic acids is 1. The van der Waals surface area contributed by atoms with Gasteiger partial charge in [0.2, 0.25) is 11.5 Å². The Balaban J connectivity index is 2.27. The maximum absolute atomic E-state index is 12.1. The summed E-state index contributed by atoms with van der Waals surface area (Å²) in [6, 6.07) is 5.67. The Morgan fingerprint density at radius 3 is 2.86 bits per heavy atom. The molecule has 0 aliphatic rings. The molecular weight excluding hydrogens is 286 g/mol. The lowest BCUT2D eigenvalue weighted by Gasteiger charge is -2.05. The van der Waals surface area contributed by atoms with Crippen LogP contribution in [0.5, 0.6) is 5.88 Å². The molecule has 0 aliphatic heterocycles. The van der Waals surface area contributed by atoms with Crippen molar-refractivity contribution in [2.75, 3.05) is 6.61 Å². The van der Waals surface area contributed by atoms with E-state index in [9.17, 15) is 9.59 Å². The van der Waals surface area contributed by atoms with Gasteiger partial charge in [-0.2, -0.15) is 4.98 Å². The molecule has 7 heteroatoms. The summed E-state index contributed by atoms with van der Waals surface area (Å²) >= 11 is 0. The van der Waals surface area contributed by atoms with Gasteiger partial charge in [0, 0.05) is 0 Å². The third kappa shape index (κ3) is 2.20. The monoisotopic (exact) mass is 301 g/mol. The Bertz CT molecular complexity index is 939. The van der Waals surface area contributed by atoms with Gasteiger partial charge in [-0.1, -0.05) is 6.07 Å². The fourth-order valence-electron chi connectivity index (χ4n) is 2.36. The molecule has 0 atom stereocenters. The number of hydrogen-bond donors (Lipinski definition) is 1. The number of fused-ring (bicyclic) bond motifs is 3. The van der Waals surface area contributed by atoms with Gasteiger partial charge >= 0.3 is 6.16 Å². The summed E-state index contributed by atoms with van der Waals surface area (Å²) in [5.41, 5.74) is 2.91. The van der Waals surface area contributed by atoms with Gasteiger partial charge in [0.05, 0.1) is 23.3 Å². The SMILES string of the molecule is CCOC(=O)Oc1nc2c(=O)[nH]c3ccc(C)cc3n2c1C. The van der Waals surface area contributed by atoms with Crippen LogP contribution < -0.4 is 10.3 Å². The smallest absolute Gasteiger partial charge is 0.434 e. The largest absolute Gasteiger partial charge is 0.515 e. The van der Waals surface area contributed by atoms with E-state index in [-0.39, 0.29) is 23.7 Å². The predicted molar refractivity (Wildman–Crippen MR) is 80.4 cm³/mol. The van der Waals surface area contributed by atoms with Gasteiger partial charge in [-0.3, -0.25) is 9.20 Å². The average molecular weight is 301 g/mol. The van der Waals surface area contributed by atoms with Crippen LogP contribution in [-0.2, 0) is 4.74 Å². The van der Waals surface area contributed by atoms with Crippen molar-refractivity contribution < 1.29 is 14.3 Å². The van der Waals surface area contributed by atoms with E-state index in [1.165, 1.54) is 0 Å². The van der Waals surface area contributed by atoms with E-state index in [1.807, 2.05) is 25.1 Å². The number of hydrogen-bond acceptors (Lipinski definition) is 5. The molecule has 1 aromatic carbocycles. The molecule has 3 aromatic rings. The molecule has 0 fully saturated rings. The first kappa shape index (κ1) is 14.1. The summed E-state index contributed by atoms with van der Waals surface area (Å²) in [7, 11) is 0. The molecule has 0 bridgehead atoms. The van der Waals surface area contributed by atoms with Crippen LogP contribution in [0.4, 0.5) is 4.79 Å². The standard InChI is InChI=1S/C15H15N3O4/c1-4-21-15(20)22-14-9(3)18-11-7-8(2)5-6-10(11)16-13(19)12(18)17-14/h5-7H,4H2,1-3H3,(H,16,19). The minimum atomic E-state index is -0.842. The van der Waals surface area contributed by atoms with Crippen LogP contribution in [0.2, 0.25) is 0 Å². The van der Waals surface area contributed by atoms with Crippen molar-refractivity contribution >= 4 is 22.8 Å². The fraction of sp³-hybridized carbons (Fsp3) is 0.267. The predicted octanol–water partition coefficient (Wildman–Crippen LogP) is 2.33. The highest BCUT2D eigenvalue weighted by atomic mass is 16.7. The number of H-pyrrole nitrogens is 1. The van der Waals surface area contributed by atoms with Gasteiger partial charge < -0.3 is 14.5 Å². The Morgan fingerprint density at radius 2 is 2.14 bits per heavy atom. The van der Waals surface area contributed by atoms with Crippen molar-refractivity contribution in [1.82, 2.24) is 14.4 Å². The first-order valence-corrected chi connectivity index (χ1v) is 6.87. The van der Waals surface area contributed by atoms with E-state index < -0.39 is 6.16 Å². The minimum Gasteiger partial charge on any atom is -0.434 e. The summed E-state index contributed by atoms with van der Waals surface area (Å²) in [5.74, 6) is 0.0676. The lowest BCUT2D eigenvalue weighted by atomic mass is 10.2. The van der Waals surface area contributed by atoms with Crippen molar-refractivity contribution in [1.29, 1.82) is 0 Å². The van der Waals surface area contributed by atoms with Crippen molar-refractivity contribution in [2.45, 2.75) is 20.8 Å². The zero-order chi connectivity index (χ0) is 15.9. The highest BCUT2D eigenvalue weighted by Crippen LogP contribution is 2.22. The molecule has 0 amide bonds. The average Bonchev–Trinajstić information content (AvgIpc) is 2.78. The third-order valence-electron chi connectivity index (χ3n) is 3.35. The molecule has 2 heterocycles. The molecule has 0 saturated carbocycles. The quantitative estimate of drug-likeness (QED) is 0.734. The zero-order valence-electron chi connectivity index (χ0n) is 12.5. The second kappa shape index (κ2) is 5.18. The number of aromatic amines is 1. The number of ether oxygens (including phenoxy) is 2. The summed E-state index contributed by atoms with van der Waals surface area (Å²) < 4.78 is 11.5. The van der Waals surface area contributed by atoms with Crippen LogP contribution in [0.1, 0.15) is 18.2 Å². The topological polar surface area (TPSA) is 85.7 Å². The van der Waals surface area contributed by atoms with E-state index in [1.54, 1.807) is 18.2 Å². The van der Waals surface area contributed by atoms with Crippen LogP contribution in [-0.4, -0.2) is 27.1 Å². The van der Waals surface area contributed by atoms with Crippen LogP contribution in [0.3, 0.4) is 0 Å². The Morgan fingerprint density at radius 1 is 1.36 bits per heavy atom. The minimum absolute atomic E-state index is 0.0676. The molecule has 7 nitrogen and oxygen atoms in total. The second-order valence-corrected chi connectivity index (χ2v) is 4.92. The molecule has 22 heavy (non-hydrogen) atoms. The van der Waals surface area contributed by atoms with Crippen molar-refractivity contribution in [3.63, 3.8) is 0 Å². The number of rotatable bonds is 2. The molecular formula is C15H15N3O4. The molecule has 0 aliphatic carbocycles. The third-order valence-corrected chi connectivity index (χ3v) is 3.35. The molecule has 0 radical (unpaired) electrons. The number of nitrogens with zero attached hydrogens (tertiary/aromatic N) is 2. The van der Waals surface area contributed by atoms with E-state index in [0.29, 0.717) is 11.2 Å². The van der Waals surface area contributed by atoms with Gasteiger partial charge in [0.25, 0.3) is 5.56 Å². The van der Waals surface area contributed by atoms with E-state index in [2.05, 4.69) is 9.97 Å². The highest BCUT2D eigenvalue weighted by molar-refractivity contribution is 5.79. The van der Waals surface area contributed by atoms with Gasteiger partial charge in [-0.05, 0) is 38.5 Å². The van der Waals surface area contributed by atoms with Crippen LogP contribution in [0.15, 0.2) is 23.0 Å². The molecule has 0 unspecified atom stereocenters. The van der Waals surface area contributed by atoms with E-state index in [4.69, 9.17) is 9.47 Å². The lowest BCUT2D eigenvalue weighted by molar-refractivity contribution is 0.102. The summed E-state index contributed by atoms with van der Waals surface area (Å²) in [4.78, 5) is 30.5. The Labute approximate surface area is 125 Å². The lowest BCUT2D eigenvalue weighted by Crippen LogP contribution is -2.11. The fourth-order valence-corrected chi connectivity index (χ4v) is 2.36. The van der Waals surface area contributed by atoms with Gasteiger partial charge in [-0.25, -0.2) is 4.79 Å². The van der Waals surface area contributed by atoms with E-state index >= 15 is 0 Å². The molecule has 1 N–H and O–H groups in total. The maximum Gasteiger partial charge on any atom is 0.515 e. The maximum atomic E-state index is 12.1. The number of carbonyl (C=O) groups is 1. The molecule has 114 valence electrons. The van der Waals surface area contributed by atoms with Crippen molar-refractivity contribution in [3.8, 4) is 5.88 Å². The second-order valence-electron chi connectivity index (χ2n) is 4.92. The molecule has 0 saturated heterocycles. The summed E-state index contributed by atoms with van der Waals surface area (Å²) in [6.45, 7) is 5.57. The summed E-state index contributed by atoms with van der Waals surface area (Å²) in [5, 5.41) is 0. The van der Waals surface area contributed by atoms with Gasteiger partial charge in [-0.15, -0.1) is 0 Å². The van der Waals surface area contributed by atoms with Crippen LogP contribution in [0.25, 0.3) is 16.7 Å². The summed E-state index contributed by atoms with van der Waals surface area (Å²) in [6.07, 6.45) is -0.842. The van der Waals surface area contributed by atoms with Crippen LogP contribution >= 0.6 is 0 Å². The highest BCUT2D eigenvalue weighted by Gasteiger charge is 2.18. The van der Waals surface area contributed by atoms with Crippen molar-refractivity contribution in [2.24, 2.45) is 0 Å².